The van der Waals surface area contributed by atoms with Crippen molar-refractivity contribution in [3.63, 3.8) is 0 Å². The monoisotopic (exact) mass is 468 g/mol. The van der Waals surface area contributed by atoms with Crippen molar-refractivity contribution in [2.45, 2.75) is 25.9 Å². The molecule has 33 heavy (non-hydrogen) atoms. The van der Waals surface area contributed by atoms with Gasteiger partial charge in [-0.2, -0.15) is 26.3 Å². The second-order valence-corrected chi connectivity index (χ2v) is 6.96. The molecule has 0 spiro atoms. The highest BCUT2D eigenvalue weighted by Crippen LogP contribution is 2.27. The van der Waals surface area contributed by atoms with Gasteiger partial charge in [0.05, 0.1) is 0 Å². The van der Waals surface area contributed by atoms with Gasteiger partial charge >= 0.3 is 12.4 Å². The third kappa shape index (κ3) is 6.71. The number of pyridine rings is 1. The van der Waals surface area contributed by atoms with E-state index in [-0.39, 0.29) is 6.61 Å². The highest BCUT2D eigenvalue weighted by atomic mass is 19.4. The molecule has 4 nitrogen and oxygen atoms in total. The largest absolute Gasteiger partial charge is 0.468 e. The zero-order valence-corrected chi connectivity index (χ0v) is 17.2. The van der Waals surface area contributed by atoms with E-state index in [2.05, 4.69) is 14.9 Å². The van der Waals surface area contributed by atoms with Crippen LogP contribution in [0.3, 0.4) is 0 Å². The Labute approximate surface area is 185 Å². The molecule has 0 aliphatic heterocycles. The number of aromatic nitrogens is 1. The van der Waals surface area contributed by atoms with Gasteiger partial charge in [-0.3, -0.25) is 0 Å². The third-order valence-electron chi connectivity index (χ3n) is 4.57. The van der Waals surface area contributed by atoms with Crippen LogP contribution in [0.2, 0.25) is 0 Å². The number of nitrogens with zero attached hydrogens (tertiary/aromatic N) is 2. The number of oxime groups is 1. The van der Waals surface area contributed by atoms with Crippen LogP contribution in [0.5, 0.6) is 5.88 Å². The van der Waals surface area contributed by atoms with E-state index in [9.17, 15) is 26.3 Å². The van der Waals surface area contributed by atoms with Crippen LogP contribution in [-0.4, -0.2) is 29.7 Å². The Balaban J connectivity index is 1.76. The summed E-state index contributed by atoms with van der Waals surface area (Å²) in [6, 6.07) is 16.7. The average Bonchev–Trinajstić information content (AvgIpc) is 2.76. The Morgan fingerprint density at radius 2 is 1.64 bits per heavy atom. The molecule has 1 heterocycles. The SMILES string of the molecule is Cc1c(CON=C(c2ccc(OCC(F)(F)F)nc2)C(F)(F)F)cccc1-c1ccccc1. The Morgan fingerprint density at radius 3 is 2.24 bits per heavy atom. The minimum absolute atomic E-state index is 0.216. The standard InChI is InChI=1S/C23H18F6N2O2/c1-15-18(8-5-9-19(15)16-6-3-2-4-7-16)13-33-31-21(23(27,28)29)17-10-11-20(30-12-17)32-14-22(24,25)26/h2-12H,13-14H2,1H3. The number of halogens is 6. The van der Waals surface area contributed by atoms with E-state index in [4.69, 9.17) is 4.84 Å². The number of alkyl halides is 6. The second kappa shape index (κ2) is 9.93. The van der Waals surface area contributed by atoms with Gasteiger partial charge in [0.25, 0.3) is 0 Å². The first kappa shape index (κ1) is 24.1. The Morgan fingerprint density at radius 1 is 0.909 bits per heavy atom. The predicted molar refractivity (Wildman–Crippen MR) is 110 cm³/mol. The summed E-state index contributed by atoms with van der Waals surface area (Å²) in [6.07, 6.45) is -8.75. The lowest BCUT2D eigenvalue weighted by atomic mass is 9.97. The average molecular weight is 468 g/mol. The Kier molecular flexibility index (Phi) is 7.25. The van der Waals surface area contributed by atoms with Crippen molar-refractivity contribution in [2.75, 3.05) is 6.61 Å². The van der Waals surface area contributed by atoms with Crippen LogP contribution in [0.4, 0.5) is 26.3 Å². The van der Waals surface area contributed by atoms with Gasteiger partial charge in [-0.15, -0.1) is 0 Å². The first-order chi connectivity index (χ1) is 15.5. The maximum Gasteiger partial charge on any atom is 0.437 e. The van der Waals surface area contributed by atoms with E-state index in [0.29, 0.717) is 5.56 Å². The van der Waals surface area contributed by atoms with Crippen molar-refractivity contribution >= 4 is 5.71 Å². The van der Waals surface area contributed by atoms with Gasteiger partial charge in [-0.05, 0) is 35.2 Å². The van der Waals surface area contributed by atoms with Crippen LogP contribution in [0.25, 0.3) is 11.1 Å². The summed E-state index contributed by atoms with van der Waals surface area (Å²) in [6.45, 7) is 0.00929. The lowest BCUT2D eigenvalue weighted by molar-refractivity contribution is -0.154. The first-order valence-electron chi connectivity index (χ1n) is 9.61. The van der Waals surface area contributed by atoms with E-state index in [1.54, 1.807) is 12.1 Å². The second-order valence-electron chi connectivity index (χ2n) is 6.96. The van der Waals surface area contributed by atoms with Crippen molar-refractivity contribution in [3.8, 4) is 17.0 Å². The molecule has 0 saturated heterocycles. The van der Waals surface area contributed by atoms with Crippen molar-refractivity contribution in [3.05, 3.63) is 83.6 Å². The van der Waals surface area contributed by atoms with E-state index >= 15 is 0 Å². The molecule has 10 heteroatoms. The topological polar surface area (TPSA) is 43.7 Å². The summed E-state index contributed by atoms with van der Waals surface area (Å²) >= 11 is 0. The molecule has 1 aromatic heterocycles. The molecule has 0 amide bonds. The molecule has 3 rings (SSSR count). The zero-order chi connectivity index (χ0) is 24.1. The van der Waals surface area contributed by atoms with Gasteiger partial charge in [0.15, 0.2) is 12.3 Å². The maximum atomic E-state index is 13.5. The minimum Gasteiger partial charge on any atom is -0.468 e. The van der Waals surface area contributed by atoms with Gasteiger partial charge in [-0.25, -0.2) is 4.98 Å². The molecule has 0 saturated carbocycles. The highest BCUT2D eigenvalue weighted by Gasteiger charge is 2.38. The lowest BCUT2D eigenvalue weighted by Gasteiger charge is -2.13. The van der Waals surface area contributed by atoms with Crippen LogP contribution < -0.4 is 4.74 Å². The first-order valence-corrected chi connectivity index (χ1v) is 9.61. The highest BCUT2D eigenvalue weighted by molar-refractivity contribution is 6.04. The van der Waals surface area contributed by atoms with E-state index in [1.165, 1.54) is 0 Å². The Bertz CT molecular complexity index is 1090. The van der Waals surface area contributed by atoms with Crippen LogP contribution >= 0.6 is 0 Å². The number of hydrogen-bond donors (Lipinski definition) is 0. The third-order valence-corrected chi connectivity index (χ3v) is 4.57. The normalized spacial score (nSPS) is 12.5. The summed E-state index contributed by atoms with van der Waals surface area (Å²) < 4.78 is 81.4. The number of rotatable bonds is 7. The van der Waals surface area contributed by atoms with E-state index < -0.39 is 36.1 Å². The van der Waals surface area contributed by atoms with E-state index in [0.717, 1.165) is 35.0 Å². The molecule has 3 aromatic rings. The fraction of sp³-hybridized carbons (Fsp3) is 0.217. The predicted octanol–water partition coefficient (Wildman–Crippen LogP) is 6.48. The lowest BCUT2D eigenvalue weighted by Crippen LogP contribution is -2.25. The molecule has 0 aliphatic carbocycles. The zero-order valence-electron chi connectivity index (χ0n) is 17.2. The molecule has 0 N–H and O–H groups in total. The van der Waals surface area contributed by atoms with Crippen molar-refractivity contribution < 1.29 is 35.9 Å². The summed E-state index contributed by atoms with van der Waals surface area (Å²) in [5, 5.41) is 3.25. The number of hydrogen-bond acceptors (Lipinski definition) is 4. The summed E-state index contributed by atoms with van der Waals surface area (Å²) in [5.74, 6) is -0.466. The quantitative estimate of drug-likeness (QED) is 0.226. The smallest absolute Gasteiger partial charge is 0.437 e. The van der Waals surface area contributed by atoms with Gasteiger partial charge in [0, 0.05) is 17.8 Å². The molecule has 0 fully saturated rings. The van der Waals surface area contributed by atoms with Crippen LogP contribution in [-0.2, 0) is 11.4 Å². The summed E-state index contributed by atoms with van der Waals surface area (Å²) in [7, 11) is 0. The fourth-order valence-electron chi connectivity index (χ4n) is 2.97. The van der Waals surface area contributed by atoms with Crippen molar-refractivity contribution in [1.29, 1.82) is 0 Å². The molecule has 2 aromatic carbocycles. The molecular formula is C23H18F6N2O2. The molecule has 0 radical (unpaired) electrons. The minimum atomic E-state index is -4.88. The molecular weight excluding hydrogens is 450 g/mol. The van der Waals surface area contributed by atoms with Crippen LogP contribution in [0.1, 0.15) is 16.7 Å². The molecule has 0 unspecified atom stereocenters. The Hall–Kier alpha value is -3.56. The molecule has 0 aliphatic rings. The van der Waals surface area contributed by atoms with Crippen molar-refractivity contribution in [1.82, 2.24) is 4.98 Å². The van der Waals surface area contributed by atoms with Gasteiger partial charge in [0.2, 0.25) is 5.88 Å². The fourth-order valence-corrected chi connectivity index (χ4v) is 2.97. The molecule has 0 atom stereocenters. The van der Waals surface area contributed by atoms with E-state index in [1.807, 2.05) is 43.3 Å². The van der Waals surface area contributed by atoms with Crippen molar-refractivity contribution in [2.24, 2.45) is 5.16 Å². The van der Waals surface area contributed by atoms with Crippen LogP contribution in [0, 0.1) is 6.92 Å². The van der Waals surface area contributed by atoms with Gasteiger partial charge in [-0.1, -0.05) is 53.7 Å². The maximum absolute atomic E-state index is 13.5. The summed E-state index contributed by atoms with van der Waals surface area (Å²) in [5.41, 5.74) is 1.51. The number of ether oxygens (including phenoxy) is 1. The van der Waals surface area contributed by atoms with Gasteiger partial charge in [0.1, 0.15) is 6.61 Å². The number of benzene rings is 2. The molecule has 174 valence electrons. The summed E-state index contributed by atoms with van der Waals surface area (Å²) in [4.78, 5) is 8.50. The van der Waals surface area contributed by atoms with Gasteiger partial charge < -0.3 is 9.57 Å². The molecule has 0 bridgehead atoms. The van der Waals surface area contributed by atoms with Crippen LogP contribution in [0.15, 0.2) is 72.0 Å².